The predicted octanol–water partition coefficient (Wildman–Crippen LogP) is 0.319. The first-order valence-corrected chi connectivity index (χ1v) is 8.59. The summed E-state index contributed by atoms with van der Waals surface area (Å²) < 4.78 is 26.7. The lowest BCUT2D eigenvalue weighted by Gasteiger charge is -2.20. The highest BCUT2D eigenvalue weighted by atomic mass is 32.2. The predicted molar refractivity (Wildman–Crippen MR) is 79.5 cm³/mol. The number of carbonyl (C=O) groups is 1. The van der Waals surface area contributed by atoms with Crippen LogP contribution in [0.15, 0.2) is 23.1 Å². The summed E-state index contributed by atoms with van der Waals surface area (Å²) in [5.74, 6) is -0.407. The van der Waals surface area contributed by atoms with Gasteiger partial charge in [0.15, 0.2) is 0 Å². The summed E-state index contributed by atoms with van der Waals surface area (Å²) >= 11 is 0. The highest BCUT2D eigenvalue weighted by Gasteiger charge is 2.29. The van der Waals surface area contributed by atoms with Crippen LogP contribution in [0.3, 0.4) is 0 Å². The number of hydrogen-bond donors (Lipinski definition) is 1. The minimum atomic E-state index is -3.42. The molecule has 2 aliphatic heterocycles. The van der Waals surface area contributed by atoms with E-state index in [1.807, 2.05) is 11.0 Å². The zero-order valence-electron chi connectivity index (χ0n) is 11.8. The van der Waals surface area contributed by atoms with Crippen LogP contribution in [-0.2, 0) is 21.2 Å². The van der Waals surface area contributed by atoms with Crippen LogP contribution in [0.25, 0.3) is 0 Å². The molecular weight excluding hydrogens is 290 g/mol. The second-order valence-electron chi connectivity index (χ2n) is 5.54. The van der Waals surface area contributed by atoms with Gasteiger partial charge in [-0.25, -0.2) is 8.42 Å². The highest BCUT2D eigenvalue weighted by Crippen LogP contribution is 2.31. The van der Waals surface area contributed by atoms with Crippen LogP contribution in [0.4, 0.5) is 5.69 Å². The molecule has 114 valence electrons. The molecule has 2 heterocycles. The molecule has 3 rings (SSSR count). The Kier molecular flexibility index (Phi) is 3.62. The van der Waals surface area contributed by atoms with Gasteiger partial charge in [0.2, 0.25) is 15.9 Å². The zero-order valence-corrected chi connectivity index (χ0v) is 12.6. The molecule has 0 bridgehead atoms. The topological polar surface area (TPSA) is 83.7 Å². The van der Waals surface area contributed by atoms with Crippen molar-refractivity contribution in [2.45, 2.75) is 24.2 Å². The first-order chi connectivity index (χ1) is 9.98. The van der Waals surface area contributed by atoms with Gasteiger partial charge in [-0.05, 0) is 37.0 Å². The third-order valence-electron chi connectivity index (χ3n) is 4.10. The van der Waals surface area contributed by atoms with E-state index in [1.54, 1.807) is 12.1 Å². The summed E-state index contributed by atoms with van der Waals surface area (Å²) in [4.78, 5) is 13.3. The Hall–Kier alpha value is -1.60. The van der Waals surface area contributed by atoms with E-state index in [2.05, 4.69) is 0 Å². The first kappa shape index (κ1) is 14.3. The molecule has 21 heavy (non-hydrogen) atoms. The maximum atomic E-state index is 12.6. The van der Waals surface area contributed by atoms with Gasteiger partial charge in [-0.2, -0.15) is 4.31 Å². The van der Waals surface area contributed by atoms with Crippen LogP contribution in [0.1, 0.15) is 18.4 Å². The summed E-state index contributed by atoms with van der Waals surface area (Å²) in [6.07, 6.45) is 2.64. The second kappa shape index (κ2) is 5.31. The van der Waals surface area contributed by atoms with Gasteiger partial charge in [-0.1, -0.05) is 6.07 Å². The van der Waals surface area contributed by atoms with E-state index in [9.17, 15) is 13.2 Å². The lowest BCUT2D eigenvalue weighted by atomic mass is 10.2. The SMILES string of the molecule is NC(=O)CN1CCc2ccc(S(=O)(=O)N3CCCC3)cc21. The first-order valence-electron chi connectivity index (χ1n) is 7.15. The van der Waals surface area contributed by atoms with Gasteiger partial charge < -0.3 is 10.6 Å². The largest absolute Gasteiger partial charge is 0.368 e. The van der Waals surface area contributed by atoms with Crippen LogP contribution in [0, 0.1) is 0 Å². The molecule has 0 radical (unpaired) electrons. The van der Waals surface area contributed by atoms with Gasteiger partial charge in [0.25, 0.3) is 0 Å². The maximum Gasteiger partial charge on any atom is 0.243 e. The molecule has 2 aliphatic rings. The fourth-order valence-electron chi connectivity index (χ4n) is 3.02. The molecule has 1 aromatic carbocycles. The van der Waals surface area contributed by atoms with Crippen molar-refractivity contribution in [3.63, 3.8) is 0 Å². The summed E-state index contributed by atoms with van der Waals surface area (Å²) in [7, 11) is -3.42. The van der Waals surface area contributed by atoms with Crippen molar-refractivity contribution >= 4 is 21.6 Å². The number of anilines is 1. The molecule has 7 heteroatoms. The Morgan fingerprint density at radius 2 is 1.90 bits per heavy atom. The molecule has 1 amide bonds. The monoisotopic (exact) mass is 309 g/mol. The number of nitrogens with two attached hydrogens (primary N) is 1. The third kappa shape index (κ3) is 2.63. The number of amides is 1. The molecule has 0 saturated carbocycles. The van der Waals surface area contributed by atoms with Crippen molar-refractivity contribution in [1.82, 2.24) is 4.31 Å². The molecular formula is C14H19N3O3S. The number of sulfonamides is 1. The number of hydrogen-bond acceptors (Lipinski definition) is 4. The molecule has 0 spiro atoms. The van der Waals surface area contributed by atoms with Crippen LogP contribution in [0.5, 0.6) is 0 Å². The van der Waals surface area contributed by atoms with Crippen molar-refractivity contribution in [3.8, 4) is 0 Å². The minimum absolute atomic E-state index is 0.125. The molecule has 0 atom stereocenters. The van der Waals surface area contributed by atoms with E-state index in [0.29, 0.717) is 24.5 Å². The number of rotatable bonds is 4. The van der Waals surface area contributed by atoms with Crippen LogP contribution < -0.4 is 10.6 Å². The normalized spacial score (nSPS) is 19.0. The quantitative estimate of drug-likeness (QED) is 0.868. The molecule has 1 saturated heterocycles. The smallest absolute Gasteiger partial charge is 0.243 e. The van der Waals surface area contributed by atoms with Crippen molar-refractivity contribution in [2.24, 2.45) is 5.73 Å². The van der Waals surface area contributed by atoms with E-state index >= 15 is 0 Å². The Morgan fingerprint density at radius 1 is 1.19 bits per heavy atom. The zero-order chi connectivity index (χ0) is 15.0. The van der Waals surface area contributed by atoms with Gasteiger partial charge in [-0.3, -0.25) is 4.79 Å². The number of benzene rings is 1. The Bertz CT molecular complexity index is 666. The van der Waals surface area contributed by atoms with Gasteiger partial charge in [0.05, 0.1) is 11.4 Å². The molecule has 1 fully saturated rings. The number of carbonyl (C=O) groups excluding carboxylic acids is 1. The minimum Gasteiger partial charge on any atom is -0.368 e. The molecule has 0 unspecified atom stereocenters. The lowest BCUT2D eigenvalue weighted by Crippen LogP contribution is -2.32. The van der Waals surface area contributed by atoms with Gasteiger partial charge >= 0.3 is 0 Å². The average molecular weight is 309 g/mol. The Balaban J connectivity index is 1.94. The van der Waals surface area contributed by atoms with Crippen LogP contribution in [0.2, 0.25) is 0 Å². The molecule has 0 aliphatic carbocycles. The summed E-state index contributed by atoms with van der Waals surface area (Å²) in [5, 5.41) is 0. The van der Waals surface area contributed by atoms with Crippen LogP contribution >= 0.6 is 0 Å². The van der Waals surface area contributed by atoms with Gasteiger partial charge in [0, 0.05) is 25.3 Å². The summed E-state index contributed by atoms with van der Waals surface area (Å²) in [6.45, 7) is 2.00. The standard InChI is InChI=1S/C14H19N3O3S/c15-14(18)10-16-8-5-11-3-4-12(9-13(11)16)21(19,20)17-6-1-2-7-17/h3-4,9H,1-2,5-8,10H2,(H2,15,18). The fourth-order valence-corrected chi connectivity index (χ4v) is 4.55. The van der Waals surface area contributed by atoms with Crippen molar-refractivity contribution in [2.75, 3.05) is 31.1 Å². The highest BCUT2D eigenvalue weighted by molar-refractivity contribution is 7.89. The summed E-state index contributed by atoms with van der Waals surface area (Å²) in [5.41, 5.74) is 7.13. The van der Waals surface area contributed by atoms with E-state index in [1.165, 1.54) is 4.31 Å². The Morgan fingerprint density at radius 3 is 2.57 bits per heavy atom. The van der Waals surface area contributed by atoms with E-state index in [4.69, 9.17) is 5.73 Å². The molecule has 0 aromatic heterocycles. The lowest BCUT2D eigenvalue weighted by molar-refractivity contribution is -0.116. The third-order valence-corrected chi connectivity index (χ3v) is 5.99. The average Bonchev–Trinajstić information content (AvgIpc) is 3.08. The van der Waals surface area contributed by atoms with Crippen molar-refractivity contribution < 1.29 is 13.2 Å². The van der Waals surface area contributed by atoms with E-state index in [0.717, 1.165) is 30.5 Å². The van der Waals surface area contributed by atoms with Crippen LogP contribution in [-0.4, -0.2) is 44.8 Å². The van der Waals surface area contributed by atoms with Gasteiger partial charge in [0.1, 0.15) is 0 Å². The molecule has 2 N–H and O–H groups in total. The number of primary amides is 1. The number of fused-ring (bicyclic) bond motifs is 1. The molecule has 1 aromatic rings. The van der Waals surface area contributed by atoms with Crippen molar-refractivity contribution in [1.29, 1.82) is 0 Å². The Labute approximate surface area is 124 Å². The van der Waals surface area contributed by atoms with E-state index < -0.39 is 15.9 Å². The van der Waals surface area contributed by atoms with E-state index in [-0.39, 0.29) is 6.54 Å². The number of nitrogens with zero attached hydrogens (tertiary/aromatic N) is 2. The molecule has 6 nitrogen and oxygen atoms in total. The van der Waals surface area contributed by atoms with Crippen molar-refractivity contribution in [3.05, 3.63) is 23.8 Å². The maximum absolute atomic E-state index is 12.6. The van der Waals surface area contributed by atoms with Gasteiger partial charge in [-0.15, -0.1) is 0 Å². The summed E-state index contributed by atoms with van der Waals surface area (Å²) in [6, 6.07) is 5.19. The fraction of sp³-hybridized carbons (Fsp3) is 0.500. The second-order valence-corrected chi connectivity index (χ2v) is 7.48.